The van der Waals surface area contributed by atoms with Gasteiger partial charge in [-0.25, -0.2) is 4.79 Å². The van der Waals surface area contributed by atoms with Crippen LogP contribution in [0.5, 0.6) is 0 Å². The highest BCUT2D eigenvalue weighted by Gasteiger charge is 2.43. The molecule has 15 nitrogen and oxygen atoms in total. The standard InChI is InChI=1S/C30H46N6O9S/c1-30(2,3)45-29(41)34-21-10-14-35(15-11-21)46(42)33-13-18-44-20-19-43-17-12-32-23-8-5-7-22-25(23)28(40)36(27(22)39)24(9-6-16-37)26(38)31-4/h5,7-8,16,21,24,32-33H,6,9-15,17-20H2,1-4H3,(H,31,38)(H,34,41). The van der Waals surface area contributed by atoms with Crippen molar-refractivity contribution < 1.29 is 42.7 Å². The van der Waals surface area contributed by atoms with Gasteiger partial charge in [-0.15, -0.1) is 9.03 Å². The molecule has 2 aliphatic rings. The molecule has 1 aromatic rings. The van der Waals surface area contributed by atoms with Crippen LogP contribution in [0.15, 0.2) is 18.2 Å². The molecule has 4 N–H and O–H groups in total. The van der Waals surface area contributed by atoms with Crippen LogP contribution in [0.1, 0.15) is 67.2 Å². The number of piperidine rings is 1. The lowest BCUT2D eigenvalue weighted by molar-refractivity contribution is -0.124. The number of rotatable bonds is 18. The van der Waals surface area contributed by atoms with E-state index in [1.807, 2.05) is 25.1 Å². The summed E-state index contributed by atoms with van der Waals surface area (Å²) in [5, 5.41) is 8.44. The monoisotopic (exact) mass is 666 g/mol. The van der Waals surface area contributed by atoms with Gasteiger partial charge in [-0.1, -0.05) is 6.07 Å². The second-order valence-electron chi connectivity index (χ2n) is 11.7. The Morgan fingerprint density at radius 2 is 1.74 bits per heavy atom. The molecule has 2 unspecified atom stereocenters. The molecule has 3 rings (SSSR count). The van der Waals surface area contributed by atoms with Crippen molar-refractivity contribution in [2.75, 3.05) is 65.0 Å². The lowest BCUT2D eigenvalue weighted by atomic mass is 10.1. The first-order valence-electron chi connectivity index (χ1n) is 15.4. The molecule has 0 spiro atoms. The minimum absolute atomic E-state index is 0.0138. The minimum Gasteiger partial charge on any atom is -0.579 e. The number of anilines is 1. The molecule has 0 saturated carbocycles. The summed E-state index contributed by atoms with van der Waals surface area (Å²) in [6.45, 7) is 8.65. The molecule has 0 bridgehead atoms. The normalized spacial score (nSPS) is 16.9. The van der Waals surface area contributed by atoms with E-state index in [4.69, 9.17) is 14.2 Å². The Morgan fingerprint density at radius 3 is 2.37 bits per heavy atom. The molecular weight excluding hydrogens is 620 g/mol. The summed E-state index contributed by atoms with van der Waals surface area (Å²) in [6, 6.07) is 3.77. The van der Waals surface area contributed by atoms with E-state index in [1.165, 1.54) is 13.1 Å². The number of nitrogens with one attached hydrogen (secondary N) is 4. The van der Waals surface area contributed by atoms with Gasteiger partial charge in [0.2, 0.25) is 5.91 Å². The van der Waals surface area contributed by atoms with Crippen LogP contribution in [0.3, 0.4) is 0 Å². The van der Waals surface area contributed by atoms with Crippen molar-refractivity contribution in [3.05, 3.63) is 29.3 Å². The number of imide groups is 1. The third-order valence-corrected chi connectivity index (χ3v) is 8.47. The molecule has 4 amide bonds. The van der Waals surface area contributed by atoms with E-state index in [0.29, 0.717) is 77.4 Å². The topological polar surface area (TPSA) is 191 Å². The summed E-state index contributed by atoms with van der Waals surface area (Å²) in [4.78, 5) is 62.4. The number of carbonyl (C=O) groups excluding carboxylic acids is 5. The van der Waals surface area contributed by atoms with Crippen molar-refractivity contribution in [2.24, 2.45) is 0 Å². The molecule has 16 heteroatoms. The zero-order valence-electron chi connectivity index (χ0n) is 26.9. The van der Waals surface area contributed by atoms with Crippen LogP contribution in [0.25, 0.3) is 0 Å². The molecule has 2 heterocycles. The van der Waals surface area contributed by atoms with E-state index in [1.54, 1.807) is 12.1 Å². The van der Waals surface area contributed by atoms with Crippen molar-refractivity contribution in [2.45, 2.75) is 64.1 Å². The second-order valence-corrected chi connectivity index (χ2v) is 13.0. The fraction of sp³-hybridized carbons (Fsp3) is 0.633. The maximum atomic E-state index is 13.2. The van der Waals surface area contributed by atoms with Crippen LogP contribution in [-0.2, 0) is 35.3 Å². The molecule has 2 atom stereocenters. The molecule has 0 aliphatic carbocycles. The fourth-order valence-electron chi connectivity index (χ4n) is 5.02. The lowest BCUT2D eigenvalue weighted by Crippen LogP contribution is -2.50. The molecule has 2 aliphatic heterocycles. The van der Waals surface area contributed by atoms with Gasteiger partial charge in [-0.05, 0) is 52.2 Å². The summed E-state index contributed by atoms with van der Waals surface area (Å²) in [5.74, 6) is -1.69. The van der Waals surface area contributed by atoms with E-state index >= 15 is 0 Å². The predicted octanol–water partition coefficient (Wildman–Crippen LogP) is 0.979. The first-order chi connectivity index (χ1) is 22.0. The first-order valence-corrected chi connectivity index (χ1v) is 16.5. The smallest absolute Gasteiger partial charge is 0.407 e. The third-order valence-electron chi connectivity index (χ3n) is 7.18. The molecule has 1 saturated heterocycles. The highest BCUT2D eigenvalue weighted by Crippen LogP contribution is 2.31. The van der Waals surface area contributed by atoms with Crippen molar-refractivity contribution in [3.63, 3.8) is 0 Å². The quantitative estimate of drug-likeness (QED) is 0.0753. The maximum absolute atomic E-state index is 13.2. The van der Waals surface area contributed by atoms with Crippen LogP contribution < -0.4 is 20.7 Å². The minimum atomic E-state index is -1.36. The molecule has 46 heavy (non-hydrogen) atoms. The third kappa shape index (κ3) is 10.9. The van der Waals surface area contributed by atoms with Gasteiger partial charge >= 0.3 is 6.09 Å². The van der Waals surface area contributed by atoms with E-state index in [2.05, 4.69) is 20.7 Å². The summed E-state index contributed by atoms with van der Waals surface area (Å²) < 4.78 is 33.7. The summed E-state index contributed by atoms with van der Waals surface area (Å²) in [5.41, 5.74) is 0.273. The Balaban J connectivity index is 1.29. The zero-order valence-corrected chi connectivity index (χ0v) is 27.7. The molecular formula is C30H46N6O9S. The molecule has 0 aromatic heterocycles. The Hall–Kier alpha value is -3.28. The number of benzene rings is 1. The Kier molecular flexibility index (Phi) is 14.7. The average Bonchev–Trinajstić information content (AvgIpc) is 3.27. The highest BCUT2D eigenvalue weighted by molar-refractivity contribution is 7.87. The second kappa shape index (κ2) is 18.2. The van der Waals surface area contributed by atoms with E-state index in [-0.39, 0.29) is 30.0 Å². The zero-order chi connectivity index (χ0) is 33.7. The number of likely N-dealkylation sites (N-methyl/N-ethyl adjacent to an activating group) is 1. The molecule has 1 fully saturated rings. The van der Waals surface area contributed by atoms with Gasteiger partial charge in [0.05, 0.1) is 44.1 Å². The fourth-order valence-corrected chi connectivity index (χ4v) is 6.00. The predicted molar refractivity (Wildman–Crippen MR) is 170 cm³/mol. The van der Waals surface area contributed by atoms with Gasteiger partial charge < -0.3 is 39.5 Å². The maximum Gasteiger partial charge on any atom is 0.407 e. The number of alkyl carbamates (subject to hydrolysis) is 1. The summed E-state index contributed by atoms with van der Waals surface area (Å²) in [6.07, 6.45) is 1.63. The van der Waals surface area contributed by atoms with Gasteiger partial charge in [0.15, 0.2) is 0 Å². The number of carbonyl (C=O) groups is 5. The number of hydrogen-bond donors (Lipinski definition) is 4. The average molecular weight is 667 g/mol. The van der Waals surface area contributed by atoms with Crippen LogP contribution in [-0.4, -0.2) is 121 Å². The number of amides is 4. The van der Waals surface area contributed by atoms with E-state index < -0.39 is 47.0 Å². The number of nitrogens with zero attached hydrogens (tertiary/aromatic N) is 2. The van der Waals surface area contributed by atoms with Crippen LogP contribution >= 0.6 is 0 Å². The number of aldehydes is 1. The summed E-state index contributed by atoms with van der Waals surface area (Å²) >= 11 is -1.36. The van der Waals surface area contributed by atoms with E-state index in [9.17, 15) is 28.5 Å². The SMILES string of the molecule is CNC(=O)C(CCC=O)N1C(=O)c2cccc(NCCOCCOCCN[S+]([O-])N3CCC(NC(=O)OC(C)(C)C)CC3)c2C1=O. The van der Waals surface area contributed by atoms with Gasteiger partial charge in [-0.2, -0.15) is 0 Å². The Labute approximate surface area is 272 Å². The Bertz CT molecular complexity index is 1210. The van der Waals surface area contributed by atoms with Crippen LogP contribution in [0, 0.1) is 0 Å². The van der Waals surface area contributed by atoms with Gasteiger partial charge in [0, 0.05) is 44.8 Å². The summed E-state index contributed by atoms with van der Waals surface area (Å²) in [7, 11) is 1.41. The van der Waals surface area contributed by atoms with E-state index in [0.717, 1.165) is 4.90 Å². The lowest BCUT2D eigenvalue weighted by Gasteiger charge is -2.32. The number of fused-ring (bicyclic) bond motifs is 1. The van der Waals surface area contributed by atoms with Crippen LogP contribution in [0.2, 0.25) is 0 Å². The van der Waals surface area contributed by atoms with Crippen molar-refractivity contribution >= 4 is 47.3 Å². The molecule has 256 valence electrons. The largest absolute Gasteiger partial charge is 0.579 e. The van der Waals surface area contributed by atoms with Crippen molar-refractivity contribution in [3.8, 4) is 0 Å². The van der Waals surface area contributed by atoms with Crippen molar-refractivity contribution in [1.29, 1.82) is 0 Å². The first kappa shape index (κ1) is 37.2. The molecule has 1 aromatic carbocycles. The van der Waals surface area contributed by atoms with Crippen molar-refractivity contribution in [1.82, 2.24) is 24.6 Å². The van der Waals surface area contributed by atoms with Gasteiger partial charge in [-0.3, -0.25) is 19.3 Å². The highest BCUT2D eigenvalue weighted by atomic mass is 32.2. The number of hydrogen-bond acceptors (Lipinski definition) is 12. The van der Waals surface area contributed by atoms with Gasteiger partial charge in [0.25, 0.3) is 11.8 Å². The van der Waals surface area contributed by atoms with Crippen LogP contribution in [0.4, 0.5) is 10.5 Å². The number of ether oxygens (including phenoxy) is 3. The van der Waals surface area contributed by atoms with Gasteiger partial charge in [0.1, 0.15) is 29.5 Å². The Morgan fingerprint density at radius 1 is 1.07 bits per heavy atom. The molecule has 0 radical (unpaired) electrons.